The molecule has 0 saturated carbocycles. The molecule has 0 saturated heterocycles. The second-order valence-corrected chi connectivity index (χ2v) is 5.75. The van der Waals surface area contributed by atoms with Crippen LogP contribution in [0.1, 0.15) is 16.1 Å². The zero-order valence-electron chi connectivity index (χ0n) is 13.8. The second kappa shape index (κ2) is 6.72. The number of furan rings is 1. The number of carbonyl (C=O) groups is 1. The van der Waals surface area contributed by atoms with E-state index in [1.807, 2.05) is 30.3 Å². The first-order valence-electron chi connectivity index (χ1n) is 8.13. The molecule has 0 radical (unpaired) electrons. The van der Waals surface area contributed by atoms with Gasteiger partial charge in [-0.1, -0.05) is 36.4 Å². The summed E-state index contributed by atoms with van der Waals surface area (Å²) in [6.07, 6.45) is 3.05. The van der Waals surface area contributed by atoms with Crippen molar-refractivity contribution in [2.24, 2.45) is 0 Å². The highest BCUT2D eigenvalue weighted by atomic mass is 16.5. The molecule has 0 fully saturated rings. The monoisotopic (exact) mass is 345 g/mol. The maximum atomic E-state index is 12.8. The smallest absolute Gasteiger partial charge is 0.340 e. The van der Waals surface area contributed by atoms with Gasteiger partial charge in [0, 0.05) is 22.7 Å². The second-order valence-electron chi connectivity index (χ2n) is 5.75. The third kappa shape index (κ3) is 2.91. The number of para-hydroxylation sites is 1. The van der Waals surface area contributed by atoms with Crippen molar-refractivity contribution < 1.29 is 13.9 Å². The number of fused-ring (bicyclic) bond motifs is 1. The van der Waals surface area contributed by atoms with Crippen LogP contribution in [-0.2, 0) is 11.3 Å². The molecule has 0 unspecified atom stereocenters. The number of rotatable bonds is 4. The fourth-order valence-corrected chi connectivity index (χ4v) is 2.84. The molecule has 26 heavy (non-hydrogen) atoms. The van der Waals surface area contributed by atoms with Crippen LogP contribution in [0, 0.1) is 0 Å². The van der Waals surface area contributed by atoms with Crippen molar-refractivity contribution >= 4 is 16.7 Å². The van der Waals surface area contributed by atoms with E-state index in [0.29, 0.717) is 27.8 Å². The highest BCUT2D eigenvalue weighted by Crippen LogP contribution is 2.19. The molecule has 4 rings (SSSR count). The van der Waals surface area contributed by atoms with Gasteiger partial charge >= 0.3 is 5.97 Å². The molecule has 2 aromatic carbocycles. The molecule has 0 aliphatic rings. The lowest BCUT2D eigenvalue weighted by atomic mass is 10.1. The lowest BCUT2D eigenvalue weighted by Crippen LogP contribution is -2.21. The maximum absolute atomic E-state index is 12.8. The Kier molecular flexibility index (Phi) is 4.11. The standard InChI is InChI=1S/C21H15NO4/c23-20-18-11-5-4-10-17(18)19(13-22(20)15-7-2-1-3-8-15)21(24)26-14-16-9-6-12-25-16/h1-13H,14H2. The summed E-state index contributed by atoms with van der Waals surface area (Å²) in [7, 11) is 0. The van der Waals surface area contributed by atoms with Crippen LogP contribution >= 0.6 is 0 Å². The Morgan fingerprint density at radius 3 is 2.38 bits per heavy atom. The lowest BCUT2D eigenvalue weighted by molar-refractivity contribution is 0.0447. The van der Waals surface area contributed by atoms with Gasteiger partial charge in [-0.2, -0.15) is 0 Å². The Bertz CT molecular complexity index is 1110. The van der Waals surface area contributed by atoms with Gasteiger partial charge < -0.3 is 9.15 Å². The van der Waals surface area contributed by atoms with E-state index in [0.717, 1.165) is 0 Å². The first-order chi connectivity index (χ1) is 12.7. The van der Waals surface area contributed by atoms with Gasteiger partial charge in [-0.15, -0.1) is 0 Å². The average molecular weight is 345 g/mol. The van der Waals surface area contributed by atoms with Gasteiger partial charge in [0.15, 0.2) is 0 Å². The zero-order chi connectivity index (χ0) is 17.9. The van der Waals surface area contributed by atoms with Crippen molar-refractivity contribution in [3.8, 4) is 5.69 Å². The highest BCUT2D eigenvalue weighted by molar-refractivity contribution is 6.04. The topological polar surface area (TPSA) is 61.4 Å². The normalized spacial score (nSPS) is 10.8. The molecule has 2 aromatic heterocycles. The van der Waals surface area contributed by atoms with Crippen LogP contribution in [0.5, 0.6) is 0 Å². The molecule has 0 aliphatic heterocycles. The molecule has 0 spiro atoms. The molecule has 5 heteroatoms. The van der Waals surface area contributed by atoms with Crippen molar-refractivity contribution in [1.82, 2.24) is 4.57 Å². The van der Waals surface area contributed by atoms with Crippen LogP contribution < -0.4 is 5.56 Å². The molecule has 0 N–H and O–H groups in total. The average Bonchev–Trinajstić information content (AvgIpc) is 3.21. The third-order valence-corrected chi connectivity index (χ3v) is 4.10. The third-order valence-electron chi connectivity index (χ3n) is 4.10. The summed E-state index contributed by atoms with van der Waals surface area (Å²) in [6.45, 7) is 0.0324. The van der Waals surface area contributed by atoms with Gasteiger partial charge in [0.2, 0.25) is 0 Å². The first-order valence-corrected chi connectivity index (χ1v) is 8.13. The Morgan fingerprint density at radius 2 is 1.65 bits per heavy atom. The van der Waals surface area contributed by atoms with Crippen LogP contribution in [0.3, 0.4) is 0 Å². The van der Waals surface area contributed by atoms with Crippen molar-refractivity contribution in [3.05, 3.63) is 101 Å². The molecule has 4 aromatic rings. The Balaban J connectivity index is 1.81. The number of esters is 1. The summed E-state index contributed by atoms with van der Waals surface area (Å²) in [5, 5.41) is 1.03. The minimum atomic E-state index is -0.512. The minimum Gasteiger partial charge on any atom is -0.466 e. The molecule has 128 valence electrons. The number of hydrogen-bond acceptors (Lipinski definition) is 4. The van der Waals surface area contributed by atoms with Gasteiger partial charge in [-0.05, 0) is 30.3 Å². The molecular formula is C21H15NO4. The van der Waals surface area contributed by atoms with Crippen LogP contribution in [0.2, 0.25) is 0 Å². The SMILES string of the molecule is O=C(OCc1ccco1)c1cn(-c2ccccc2)c(=O)c2ccccc12. The van der Waals surface area contributed by atoms with Gasteiger partial charge in [-0.25, -0.2) is 4.79 Å². The molecular weight excluding hydrogens is 330 g/mol. The number of carbonyl (C=O) groups excluding carboxylic acids is 1. The van der Waals surface area contributed by atoms with Crippen LogP contribution in [0.15, 0.2) is 88.4 Å². The van der Waals surface area contributed by atoms with Crippen molar-refractivity contribution in [3.63, 3.8) is 0 Å². The quantitative estimate of drug-likeness (QED) is 0.526. The lowest BCUT2D eigenvalue weighted by Gasteiger charge is -2.12. The van der Waals surface area contributed by atoms with Crippen molar-refractivity contribution in [2.45, 2.75) is 6.61 Å². The predicted molar refractivity (Wildman–Crippen MR) is 97.4 cm³/mol. The van der Waals surface area contributed by atoms with Crippen LogP contribution in [-0.4, -0.2) is 10.5 Å². The largest absolute Gasteiger partial charge is 0.466 e. The molecule has 0 atom stereocenters. The maximum Gasteiger partial charge on any atom is 0.340 e. The number of pyridine rings is 1. The fraction of sp³-hybridized carbons (Fsp3) is 0.0476. The molecule has 5 nitrogen and oxygen atoms in total. The van der Waals surface area contributed by atoms with Crippen molar-refractivity contribution in [1.29, 1.82) is 0 Å². The number of nitrogens with zero attached hydrogens (tertiary/aromatic N) is 1. The van der Waals surface area contributed by atoms with E-state index < -0.39 is 5.97 Å². The summed E-state index contributed by atoms with van der Waals surface area (Å²) >= 11 is 0. The van der Waals surface area contributed by atoms with E-state index in [1.165, 1.54) is 17.0 Å². The van der Waals surface area contributed by atoms with E-state index in [2.05, 4.69) is 0 Å². The summed E-state index contributed by atoms with van der Waals surface area (Å²) in [5.41, 5.74) is 0.827. The number of hydrogen-bond donors (Lipinski definition) is 0. The van der Waals surface area contributed by atoms with Gasteiger partial charge in [-0.3, -0.25) is 9.36 Å². The minimum absolute atomic E-state index is 0.0324. The van der Waals surface area contributed by atoms with Crippen LogP contribution in [0.25, 0.3) is 16.5 Å². The van der Waals surface area contributed by atoms with Gasteiger partial charge in [0.1, 0.15) is 12.4 Å². The Hall–Kier alpha value is -3.60. The van der Waals surface area contributed by atoms with E-state index in [1.54, 1.807) is 36.4 Å². The predicted octanol–water partition coefficient (Wildman–Crippen LogP) is 3.94. The van der Waals surface area contributed by atoms with Gasteiger partial charge in [0.05, 0.1) is 11.8 Å². The fourth-order valence-electron chi connectivity index (χ4n) is 2.84. The highest BCUT2D eigenvalue weighted by Gasteiger charge is 2.17. The van der Waals surface area contributed by atoms with Crippen LogP contribution in [0.4, 0.5) is 0 Å². The molecule has 0 amide bonds. The van der Waals surface area contributed by atoms with Gasteiger partial charge in [0.25, 0.3) is 5.56 Å². The van der Waals surface area contributed by atoms with E-state index in [4.69, 9.17) is 9.15 Å². The zero-order valence-corrected chi connectivity index (χ0v) is 13.8. The number of ether oxygens (including phenoxy) is 1. The molecule has 0 bridgehead atoms. The molecule has 2 heterocycles. The van der Waals surface area contributed by atoms with E-state index in [-0.39, 0.29) is 12.2 Å². The Morgan fingerprint density at radius 1 is 0.923 bits per heavy atom. The summed E-state index contributed by atoms with van der Waals surface area (Å²) in [5.74, 6) is 0.0429. The number of benzene rings is 2. The first kappa shape index (κ1) is 15.9. The van der Waals surface area contributed by atoms with E-state index in [9.17, 15) is 9.59 Å². The van der Waals surface area contributed by atoms with E-state index >= 15 is 0 Å². The summed E-state index contributed by atoms with van der Waals surface area (Å²) < 4.78 is 12.0. The van der Waals surface area contributed by atoms with Crippen molar-refractivity contribution in [2.75, 3.05) is 0 Å². The summed E-state index contributed by atoms with van der Waals surface area (Å²) in [4.78, 5) is 25.5. The summed E-state index contributed by atoms with van der Waals surface area (Å²) in [6, 6.07) is 19.7. The number of aromatic nitrogens is 1. The molecule has 0 aliphatic carbocycles. The Labute approximate surface area is 149 Å².